The van der Waals surface area contributed by atoms with Crippen LogP contribution < -0.4 is 5.32 Å². The first kappa shape index (κ1) is 28.0. The number of esters is 1. The Kier molecular flexibility index (Phi) is 8.23. The molecule has 1 fully saturated rings. The van der Waals surface area contributed by atoms with Crippen molar-refractivity contribution in [3.8, 4) is 23.0 Å². The zero-order valence-corrected chi connectivity index (χ0v) is 21.2. The predicted molar refractivity (Wildman–Crippen MR) is 140 cm³/mol. The second kappa shape index (κ2) is 11.8. The normalized spacial score (nSPS) is 16.9. The number of aromatic hydroxyl groups is 4. The first-order valence-electron chi connectivity index (χ1n) is 12.5. The smallest absolute Gasteiger partial charge is 0.338 e. The van der Waals surface area contributed by atoms with Crippen molar-refractivity contribution in [3.05, 3.63) is 82.4 Å². The van der Waals surface area contributed by atoms with E-state index in [-0.39, 0.29) is 11.3 Å². The number of rotatable bonds is 7. The third-order valence-corrected chi connectivity index (χ3v) is 6.72. The molecular formula is C29H27NO10. The van der Waals surface area contributed by atoms with Gasteiger partial charge in [-0.05, 0) is 67.8 Å². The van der Waals surface area contributed by atoms with Crippen LogP contribution in [0.25, 0.3) is 0 Å². The maximum absolute atomic E-state index is 13.0. The fraction of sp³-hybridized carbons (Fsp3) is 0.241. The Morgan fingerprint density at radius 1 is 0.750 bits per heavy atom. The number of aromatic carboxylic acids is 1. The topological polar surface area (TPSA) is 191 Å². The molecule has 0 unspecified atom stereocenters. The lowest BCUT2D eigenvalue weighted by atomic mass is 9.95. The number of phenols is 4. The van der Waals surface area contributed by atoms with Crippen LogP contribution in [0.15, 0.2) is 54.6 Å². The molecule has 3 aromatic rings. The highest BCUT2D eigenvalue weighted by Crippen LogP contribution is 2.35. The molecule has 0 aromatic heterocycles. The number of carboxylic acids is 1. The van der Waals surface area contributed by atoms with Crippen molar-refractivity contribution >= 4 is 23.6 Å². The SMILES string of the molecule is O=C(N[C@H]1CCCCC[C@H]1OC(=O)c1cc(O)c(C(=O)c2c(O)cccc2C(=O)O)c(O)c1)c1ccc(O)cc1. The van der Waals surface area contributed by atoms with Gasteiger partial charge in [-0.2, -0.15) is 0 Å². The van der Waals surface area contributed by atoms with E-state index < -0.39 is 69.7 Å². The van der Waals surface area contributed by atoms with Gasteiger partial charge in [-0.1, -0.05) is 18.9 Å². The number of hydrogen-bond acceptors (Lipinski definition) is 9. The standard InChI is InChI=1S/C29H27NO10/c31-17-11-9-15(10-12-17)27(36)30-19-6-2-1-3-8-23(19)40-29(39)16-13-21(33)25(22(34)14-16)26(35)24-18(28(37)38)5-4-7-20(24)32/h4-5,7,9-14,19,23,31-34H,1-3,6,8H2,(H,30,36)(H,37,38)/t19-,23+/m0/s1. The lowest BCUT2D eigenvalue weighted by molar-refractivity contribution is 0.0178. The van der Waals surface area contributed by atoms with Crippen LogP contribution in [0.2, 0.25) is 0 Å². The van der Waals surface area contributed by atoms with E-state index >= 15 is 0 Å². The van der Waals surface area contributed by atoms with Crippen LogP contribution in [-0.2, 0) is 4.74 Å². The van der Waals surface area contributed by atoms with E-state index in [0.717, 1.165) is 43.5 Å². The van der Waals surface area contributed by atoms with E-state index in [0.29, 0.717) is 18.4 Å². The highest BCUT2D eigenvalue weighted by molar-refractivity contribution is 6.18. The first-order valence-corrected chi connectivity index (χ1v) is 12.5. The molecule has 2 atom stereocenters. The Balaban J connectivity index is 1.55. The third-order valence-electron chi connectivity index (χ3n) is 6.72. The van der Waals surface area contributed by atoms with Crippen LogP contribution in [0.4, 0.5) is 0 Å². The van der Waals surface area contributed by atoms with Crippen molar-refractivity contribution in [3.63, 3.8) is 0 Å². The molecule has 1 aliphatic carbocycles. The number of carboxylic acid groups (broad SMARTS) is 1. The van der Waals surface area contributed by atoms with Gasteiger partial charge in [0.1, 0.15) is 34.7 Å². The van der Waals surface area contributed by atoms with Gasteiger partial charge in [-0.15, -0.1) is 0 Å². The Bertz CT molecular complexity index is 1440. The number of carbonyl (C=O) groups is 4. The van der Waals surface area contributed by atoms with Crippen molar-refractivity contribution in [2.75, 3.05) is 0 Å². The van der Waals surface area contributed by atoms with E-state index in [9.17, 15) is 44.7 Å². The summed E-state index contributed by atoms with van der Waals surface area (Å²) in [6.45, 7) is 0. The molecule has 0 heterocycles. The maximum Gasteiger partial charge on any atom is 0.338 e. The van der Waals surface area contributed by atoms with E-state index in [1.807, 2.05) is 0 Å². The zero-order valence-electron chi connectivity index (χ0n) is 21.2. The fourth-order valence-electron chi connectivity index (χ4n) is 4.69. The van der Waals surface area contributed by atoms with Crippen molar-refractivity contribution in [2.45, 2.75) is 44.2 Å². The molecule has 11 heteroatoms. The number of ketones is 1. The molecular weight excluding hydrogens is 522 g/mol. The van der Waals surface area contributed by atoms with Crippen LogP contribution in [0.3, 0.4) is 0 Å². The van der Waals surface area contributed by atoms with Crippen LogP contribution >= 0.6 is 0 Å². The molecule has 0 saturated heterocycles. The van der Waals surface area contributed by atoms with Gasteiger partial charge in [0.25, 0.3) is 5.91 Å². The Morgan fingerprint density at radius 3 is 2.05 bits per heavy atom. The van der Waals surface area contributed by atoms with E-state index in [2.05, 4.69) is 5.32 Å². The molecule has 0 aliphatic heterocycles. The van der Waals surface area contributed by atoms with Gasteiger partial charge in [0.05, 0.1) is 22.7 Å². The van der Waals surface area contributed by atoms with Gasteiger partial charge in [0.15, 0.2) is 0 Å². The average molecular weight is 550 g/mol. The summed E-state index contributed by atoms with van der Waals surface area (Å²) in [5.74, 6) is -6.30. The molecule has 1 amide bonds. The molecule has 4 rings (SSSR count). The molecule has 0 bridgehead atoms. The third kappa shape index (κ3) is 5.98. The van der Waals surface area contributed by atoms with Crippen molar-refractivity contribution < 1.29 is 49.4 Å². The molecule has 6 N–H and O–H groups in total. The maximum atomic E-state index is 13.0. The highest BCUT2D eigenvalue weighted by Gasteiger charge is 2.31. The van der Waals surface area contributed by atoms with Crippen LogP contribution in [0.1, 0.15) is 79.1 Å². The summed E-state index contributed by atoms with van der Waals surface area (Å²) in [7, 11) is 0. The minimum atomic E-state index is -1.51. The molecule has 11 nitrogen and oxygen atoms in total. The largest absolute Gasteiger partial charge is 0.508 e. The van der Waals surface area contributed by atoms with Crippen LogP contribution in [0.5, 0.6) is 23.0 Å². The van der Waals surface area contributed by atoms with Crippen molar-refractivity contribution in [1.82, 2.24) is 5.32 Å². The van der Waals surface area contributed by atoms with Gasteiger partial charge in [0.2, 0.25) is 5.78 Å². The predicted octanol–water partition coefficient (Wildman–Crippen LogP) is 3.73. The minimum absolute atomic E-state index is 0.0138. The number of nitrogens with one attached hydrogen (secondary N) is 1. The van der Waals surface area contributed by atoms with E-state index in [1.54, 1.807) is 0 Å². The van der Waals surface area contributed by atoms with Gasteiger partial charge < -0.3 is 35.6 Å². The molecule has 1 aliphatic rings. The fourth-order valence-corrected chi connectivity index (χ4v) is 4.69. The minimum Gasteiger partial charge on any atom is -0.508 e. The Morgan fingerprint density at radius 2 is 1.40 bits per heavy atom. The summed E-state index contributed by atoms with van der Waals surface area (Å²) in [5.41, 5.74) is -1.84. The molecule has 3 aromatic carbocycles. The Hall–Kier alpha value is -5.06. The van der Waals surface area contributed by atoms with Gasteiger partial charge in [-0.25, -0.2) is 9.59 Å². The monoisotopic (exact) mass is 549 g/mol. The average Bonchev–Trinajstić information content (AvgIpc) is 3.12. The summed E-state index contributed by atoms with van der Waals surface area (Å²) in [6, 6.07) is 10.4. The molecule has 0 radical (unpaired) electrons. The number of benzene rings is 3. The molecule has 40 heavy (non-hydrogen) atoms. The van der Waals surface area contributed by atoms with Crippen LogP contribution in [-0.4, -0.2) is 61.3 Å². The first-order chi connectivity index (χ1) is 19.1. The second-order valence-corrected chi connectivity index (χ2v) is 9.43. The zero-order chi connectivity index (χ0) is 29.0. The summed E-state index contributed by atoms with van der Waals surface area (Å²) in [6.07, 6.45) is 2.66. The summed E-state index contributed by atoms with van der Waals surface area (Å²) in [5, 5.41) is 52.9. The number of phenolic OH excluding ortho intramolecular Hbond substituents is 4. The van der Waals surface area contributed by atoms with E-state index in [4.69, 9.17) is 4.74 Å². The highest BCUT2D eigenvalue weighted by atomic mass is 16.5. The van der Waals surface area contributed by atoms with Gasteiger partial charge >= 0.3 is 11.9 Å². The van der Waals surface area contributed by atoms with Gasteiger partial charge in [0, 0.05) is 5.56 Å². The van der Waals surface area contributed by atoms with Gasteiger partial charge in [-0.3, -0.25) is 9.59 Å². The molecule has 1 saturated carbocycles. The Labute approximate surface area is 228 Å². The number of amides is 1. The summed E-state index contributed by atoms with van der Waals surface area (Å²) >= 11 is 0. The molecule has 0 spiro atoms. The number of ether oxygens (including phenoxy) is 1. The number of carbonyl (C=O) groups excluding carboxylic acids is 3. The van der Waals surface area contributed by atoms with Crippen molar-refractivity contribution in [1.29, 1.82) is 0 Å². The number of hydrogen-bond donors (Lipinski definition) is 6. The van der Waals surface area contributed by atoms with Crippen LogP contribution in [0, 0.1) is 0 Å². The summed E-state index contributed by atoms with van der Waals surface area (Å²) in [4.78, 5) is 50.4. The quantitative estimate of drug-likeness (QED) is 0.144. The second-order valence-electron chi connectivity index (χ2n) is 9.43. The molecule has 208 valence electrons. The van der Waals surface area contributed by atoms with Crippen molar-refractivity contribution in [2.24, 2.45) is 0 Å². The lowest BCUT2D eigenvalue weighted by Crippen LogP contribution is -2.44. The summed E-state index contributed by atoms with van der Waals surface area (Å²) < 4.78 is 5.67. The van der Waals surface area contributed by atoms with E-state index in [1.165, 1.54) is 30.3 Å². The lowest BCUT2D eigenvalue weighted by Gasteiger charge is -2.26.